The number of H-pyrrole nitrogens is 1. The molecule has 0 radical (unpaired) electrons. The molecule has 1 N–H and O–H groups in total. The highest BCUT2D eigenvalue weighted by molar-refractivity contribution is 7.71. The standard InChI is InChI=1S/C22H23N3O2S/c1-15-8-9-18(16(2)12-15)20-14-24(10-11-27-20)21(26)19-13-23-22(28)25(19)17-6-4-3-5-7-17/h3-9,12-13,20H,10-11,14H2,1-2H3,(H,23,28). The Morgan fingerprint density at radius 1 is 1.18 bits per heavy atom. The third-order valence-corrected chi connectivity index (χ3v) is 5.44. The lowest BCUT2D eigenvalue weighted by atomic mass is 10.00. The number of benzene rings is 2. The summed E-state index contributed by atoms with van der Waals surface area (Å²) in [5.74, 6) is -0.0470. The number of aromatic nitrogens is 2. The fraction of sp³-hybridized carbons (Fsp3) is 0.273. The number of rotatable bonds is 3. The second kappa shape index (κ2) is 7.73. The van der Waals surface area contributed by atoms with Gasteiger partial charge >= 0.3 is 0 Å². The van der Waals surface area contributed by atoms with Crippen molar-refractivity contribution in [3.63, 3.8) is 0 Å². The van der Waals surface area contributed by atoms with E-state index in [1.165, 1.54) is 11.1 Å². The van der Waals surface area contributed by atoms with Gasteiger partial charge in [-0.05, 0) is 49.3 Å². The molecule has 1 amide bonds. The van der Waals surface area contributed by atoms with Crippen molar-refractivity contribution >= 4 is 18.1 Å². The van der Waals surface area contributed by atoms with Crippen LogP contribution in [0.25, 0.3) is 5.69 Å². The van der Waals surface area contributed by atoms with Gasteiger partial charge in [-0.3, -0.25) is 9.36 Å². The second-order valence-electron chi connectivity index (χ2n) is 7.12. The number of carbonyl (C=O) groups is 1. The van der Waals surface area contributed by atoms with Crippen LogP contribution in [0.15, 0.2) is 54.7 Å². The number of morpholine rings is 1. The monoisotopic (exact) mass is 393 g/mol. The van der Waals surface area contributed by atoms with Crippen LogP contribution in [0.4, 0.5) is 0 Å². The third-order valence-electron chi connectivity index (χ3n) is 5.14. The molecule has 0 saturated carbocycles. The first kappa shape index (κ1) is 18.7. The van der Waals surface area contributed by atoms with Crippen molar-refractivity contribution in [2.75, 3.05) is 19.7 Å². The number of para-hydroxylation sites is 1. The zero-order valence-electron chi connectivity index (χ0n) is 16.0. The largest absolute Gasteiger partial charge is 0.370 e. The topological polar surface area (TPSA) is 50.3 Å². The van der Waals surface area contributed by atoms with Gasteiger partial charge in [-0.25, -0.2) is 0 Å². The van der Waals surface area contributed by atoms with Crippen molar-refractivity contribution in [2.45, 2.75) is 20.0 Å². The number of carbonyl (C=O) groups excluding carboxylic acids is 1. The van der Waals surface area contributed by atoms with Gasteiger partial charge in [0.15, 0.2) is 4.77 Å². The normalized spacial score (nSPS) is 16.9. The Balaban J connectivity index is 1.62. The summed E-state index contributed by atoms with van der Waals surface area (Å²) < 4.78 is 8.29. The predicted molar refractivity (Wildman–Crippen MR) is 111 cm³/mol. The van der Waals surface area contributed by atoms with E-state index >= 15 is 0 Å². The summed E-state index contributed by atoms with van der Waals surface area (Å²) in [6.45, 7) is 5.77. The van der Waals surface area contributed by atoms with E-state index in [4.69, 9.17) is 17.0 Å². The lowest BCUT2D eigenvalue weighted by Crippen LogP contribution is -2.43. The van der Waals surface area contributed by atoms with Crippen LogP contribution in [0.1, 0.15) is 33.3 Å². The molecule has 4 rings (SSSR count). The number of hydrogen-bond donors (Lipinski definition) is 1. The van der Waals surface area contributed by atoms with Gasteiger partial charge in [0.1, 0.15) is 11.8 Å². The van der Waals surface area contributed by atoms with Gasteiger partial charge in [-0.2, -0.15) is 0 Å². The molecule has 1 saturated heterocycles. The average molecular weight is 394 g/mol. The van der Waals surface area contributed by atoms with Gasteiger partial charge in [0.25, 0.3) is 5.91 Å². The van der Waals surface area contributed by atoms with Crippen LogP contribution in [0.2, 0.25) is 0 Å². The first-order chi connectivity index (χ1) is 13.5. The Bertz CT molecular complexity index is 1060. The van der Waals surface area contributed by atoms with Crippen LogP contribution in [-0.4, -0.2) is 40.1 Å². The third kappa shape index (κ3) is 3.53. The van der Waals surface area contributed by atoms with Crippen molar-refractivity contribution in [3.05, 3.63) is 81.9 Å². The van der Waals surface area contributed by atoms with E-state index in [2.05, 4.69) is 37.0 Å². The van der Waals surface area contributed by atoms with Crippen molar-refractivity contribution in [3.8, 4) is 5.69 Å². The zero-order valence-corrected chi connectivity index (χ0v) is 16.8. The first-order valence-electron chi connectivity index (χ1n) is 9.38. The maximum Gasteiger partial charge on any atom is 0.272 e. The smallest absolute Gasteiger partial charge is 0.272 e. The van der Waals surface area contributed by atoms with Crippen molar-refractivity contribution in [2.24, 2.45) is 0 Å². The Kier molecular flexibility index (Phi) is 5.15. The van der Waals surface area contributed by atoms with E-state index in [0.29, 0.717) is 30.2 Å². The molecule has 1 fully saturated rings. The lowest BCUT2D eigenvalue weighted by Gasteiger charge is -2.34. The molecule has 1 atom stereocenters. The highest BCUT2D eigenvalue weighted by atomic mass is 32.1. The number of aryl methyl sites for hydroxylation is 2. The summed E-state index contributed by atoms with van der Waals surface area (Å²) in [5.41, 5.74) is 4.96. The molecule has 3 aromatic rings. The van der Waals surface area contributed by atoms with E-state index in [1.807, 2.05) is 35.2 Å². The van der Waals surface area contributed by atoms with Gasteiger partial charge in [0, 0.05) is 18.4 Å². The molecule has 6 heteroatoms. The van der Waals surface area contributed by atoms with E-state index in [9.17, 15) is 4.79 Å². The summed E-state index contributed by atoms with van der Waals surface area (Å²) in [6.07, 6.45) is 1.57. The van der Waals surface area contributed by atoms with Crippen LogP contribution in [0.5, 0.6) is 0 Å². The molecule has 1 aliphatic heterocycles. The molecule has 0 aliphatic carbocycles. The Morgan fingerprint density at radius 2 is 1.96 bits per heavy atom. The molecule has 1 aliphatic rings. The number of imidazole rings is 1. The number of aromatic amines is 1. The maximum absolute atomic E-state index is 13.3. The lowest BCUT2D eigenvalue weighted by molar-refractivity contribution is -0.0233. The van der Waals surface area contributed by atoms with E-state index < -0.39 is 0 Å². The Morgan fingerprint density at radius 3 is 2.71 bits per heavy atom. The fourth-order valence-electron chi connectivity index (χ4n) is 3.73. The van der Waals surface area contributed by atoms with E-state index in [0.717, 1.165) is 11.3 Å². The number of ether oxygens (including phenoxy) is 1. The van der Waals surface area contributed by atoms with Crippen molar-refractivity contribution in [1.82, 2.24) is 14.5 Å². The van der Waals surface area contributed by atoms with Crippen molar-refractivity contribution < 1.29 is 9.53 Å². The Labute approximate surface area is 169 Å². The molecule has 0 spiro atoms. The van der Waals surface area contributed by atoms with Crippen LogP contribution in [0, 0.1) is 18.6 Å². The summed E-state index contributed by atoms with van der Waals surface area (Å²) in [5, 5.41) is 0. The maximum atomic E-state index is 13.3. The summed E-state index contributed by atoms with van der Waals surface area (Å²) >= 11 is 5.42. The van der Waals surface area contributed by atoms with Gasteiger partial charge < -0.3 is 14.6 Å². The Hall–Kier alpha value is -2.70. The number of nitrogens with zero attached hydrogens (tertiary/aromatic N) is 2. The molecule has 144 valence electrons. The SMILES string of the molecule is Cc1ccc(C2CN(C(=O)c3c[nH]c(=S)n3-c3ccccc3)CCO2)c(C)c1. The molecule has 2 heterocycles. The van der Waals surface area contributed by atoms with Crippen molar-refractivity contribution in [1.29, 1.82) is 0 Å². The predicted octanol–water partition coefficient (Wildman–Crippen LogP) is 4.37. The van der Waals surface area contributed by atoms with Gasteiger partial charge in [-0.15, -0.1) is 0 Å². The van der Waals surface area contributed by atoms with Crippen LogP contribution in [-0.2, 0) is 4.74 Å². The summed E-state index contributed by atoms with van der Waals surface area (Å²) in [4.78, 5) is 18.2. The summed E-state index contributed by atoms with van der Waals surface area (Å²) in [7, 11) is 0. The average Bonchev–Trinajstić information content (AvgIpc) is 3.09. The minimum absolute atomic E-state index is 0.0470. The minimum atomic E-state index is -0.120. The number of hydrogen-bond acceptors (Lipinski definition) is 3. The summed E-state index contributed by atoms with van der Waals surface area (Å²) in [6, 6.07) is 16.0. The van der Waals surface area contributed by atoms with E-state index in [1.54, 1.807) is 10.8 Å². The highest BCUT2D eigenvalue weighted by Gasteiger charge is 2.29. The molecule has 1 unspecified atom stereocenters. The van der Waals surface area contributed by atoms with Crippen LogP contribution >= 0.6 is 12.2 Å². The van der Waals surface area contributed by atoms with E-state index in [-0.39, 0.29) is 12.0 Å². The molecular weight excluding hydrogens is 370 g/mol. The van der Waals surface area contributed by atoms with Crippen LogP contribution in [0.3, 0.4) is 0 Å². The number of nitrogens with one attached hydrogen (secondary N) is 1. The second-order valence-corrected chi connectivity index (χ2v) is 7.51. The molecule has 0 bridgehead atoms. The molecular formula is C22H23N3O2S. The number of amides is 1. The highest BCUT2D eigenvalue weighted by Crippen LogP contribution is 2.27. The molecule has 1 aromatic heterocycles. The first-order valence-corrected chi connectivity index (χ1v) is 9.79. The fourth-order valence-corrected chi connectivity index (χ4v) is 3.99. The zero-order chi connectivity index (χ0) is 19.7. The van der Waals surface area contributed by atoms with Crippen LogP contribution < -0.4 is 0 Å². The van der Waals surface area contributed by atoms with Gasteiger partial charge in [0.2, 0.25) is 0 Å². The molecule has 2 aromatic carbocycles. The van der Waals surface area contributed by atoms with Gasteiger partial charge in [-0.1, -0.05) is 42.0 Å². The van der Waals surface area contributed by atoms with Gasteiger partial charge in [0.05, 0.1) is 13.2 Å². The quantitative estimate of drug-likeness (QED) is 0.673. The molecule has 5 nitrogen and oxygen atoms in total. The molecule has 28 heavy (non-hydrogen) atoms. The minimum Gasteiger partial charge on any atom is -0.370 e.